The number of ether oxygens (including phenoxy) is 1. The predicted molar refractivity (Wildman–Crippen MR) is 150 cm³/mol. The molecule has 2 aromatic rings. The molecular weight excluding hydrogens is 486 g/mol. The first-order valence-corrected chi connectivity index (χ1v) is 13.8. The first kappa shape index (κ1) is 26.2. The molecule has 6 nitrogen and oxygen atoms in total. The molecule has 1 aromatic carbocycles. The van der Waals surface area contributed by atoms with Gasteiger partial charge in [-0.25, -0.2) is 0 Å². The molecule has 2 heterocycles. The van der Waals surface area contributed by atoms with E-state index in [2.05, 4.69) is 36.9 Å². The summed E-state index contributed by atoms with van der Waals surface area (Å²) in [6.45, 7) is 6.18. The fourth-order valence-electron chi connectivity index (χ4n) is 6.01. The molecule has 198 valence electrons. The first-order valence-electron chi connectivity index (χ1n) is 13.4. The second-order valence-electron chi connectivity index (χ2n) is 11.2. The van der Waals surface area contributed by atoms with E-state index in [0.29, 0.717) is 17.0 Å². The summed E-state index contributed by atoms with van der Waals surface area (Å²) in [6, 6.07) is 6.76. The standard InChI is InChI=1S/C30H38ClN3O3/c1-17-22(15-25(31)29(36)30(17)37-5)21-8-9-26-23(14-21)27(24(16-32-26)28(35)20-6-7-20)34-12-10-19(11-13-34)18(2)33(3)4/h8-9,14-20,30,36H,6-7,10-13H2,1-5H3. The average molecular weight is 524 g/mol. The van der Waals surface area contributed by atoms with Gasteiger partial charge in [0.15, 0.2) is 5.78 Å². The third-order valence-corrected chi connectivity index (χ3v) is 9.04. The Balaban J connectivity index is 1.58. The van der Waals surface area contributed by atoms with Crippen molar-refractivity contribution in [3.63, 3.8) is 0 Å². The van der Waals surface area contributed by atoms with Crippen molar-refractivity contribution in [3.05, 3.63) is 52.4 Å². The number of pyridine rings is 1. The van der Waals surface area contributed by atoms with Gasteiger partial charge in [-0.05, 0) is 82.0 Å². The SMILES string of the molecule is COC1C(O)=C(Cl)C=C(c2ccc3ncc(C(=O)C4CC4)c(N4CCC(C(C)N(C)C)CC4)c3c2)C1C. The maximum absolute atomic E-state index is 13.4. The van der Waals surface area contributed by atoms with Crippen molar-refractivity contribution >= 4 is 39.5 Å². The molecule has 1 aromatic heterocycles. The number of hydrogen-bond donors (Lipinski definition) is 1. The minimum atomic E-state index is -0.499. The van der Waals surface area contributed by atoms with Crippen LogP contribution in [0.2, 0.25) is 0 Å². The van der Waals surface area contributed by atoms with E-state index in [1.165, 1.54) is 0 Å². The highest BCUT2D eigenvalue weighted by Gasteiger charge is 2.35. The van der Waals surface area contributed by atoms with Crippen molar-refractivity contribution in [3.8, 4) is 0 Å². The monoisotopic (exact) mass is 523 g/mol. The molecule has 0 bridgehead atoms. The summed E-state index contributed by atoms with van der Waals surface area (Å²) >= 11 is 6.40. The third-order valence-electron chi connectivity index (χ3n) is 8.73. The molecule has 5 rings (SSSR count). The second-order valence-corrected chi connectivity index (χ2v) is 11.6. The zero-order valence-corrected chi connectivity index (χ0v) is 23.3. The summed E-state index contributed by atoms with van der Waals surface area (Å²) in [7, 11) is 5.89. The van der Waals surface area contributed by atoms with E-state index in [1.807, 2.05) is 25.1 Å². The van der Waals surface area contributed by atoms with Crippen LogP contribution in [0.3, 0.4) is 0 Å². The smallest absolute Gasteiger partial charge is 0.169 e. The number of aromatic nitrogens is 1. The lowest BCUT2D eigenvalue weighted by atomic mass is 9.84. The molecule has 3 aliphatic rings. The number of piperidine rings is 1. The van der Waals surface area contributed by atoms with Crippen LogP contribution in [0.1, 0.15) is 55.5 Å². The van der Waals surface area contributed by atoms with Gasteiger partial charge in [-0.3, -0.25) is 9.78 Å². The molecule has 0 spiro atoms. The van der Waals surface area contributed by atoms with Gasteiger partial charge in [-0.2, -0.15) is 0 Å². The number of anilines is 1. The van der Waals surface area contributed by atoms with Crippen LogP contribution in [0.25, 0.3) is 16.5 Å². The number of halogens is 1. The van der Waals surface area contributed by atoms with Gasteiger partial charge in [-0.1, -0.05) is 24.6 Å². The zero-order valence-electron chi connectivity index (χ0n) is 22.5. The Morgan fingerprint density at radius 1 is 1.22 bits per heavy atom. The van der Waals surface area contributed by atoms with Gasteiger partial charge in [0.05, 0.1) is 21.8 Å². The van der Waals surface area contributed by atoms with Crippen molar-refractivity contribution in [2.24, 2.45) is 17.8 Å². The van der Waals surface area contributed by atoms with Crippen molar-refractivity contribution in [2.75, 3.05) is 39.2 Å². The second kappa shape index (κ2) is 10.4. The summed E-state index contributed by atoms with van der Waals surface area (Å²) in [5, 5.41) is 11.7. The van der Waals surface area contributed by atoms with Crippen LogP contribution in [-0.2, 0) is 4.74 Å². The van der Waals surface area contributed by atoms with E-state index in [-0.39, 0.29) is 23.4 Å². The summed E-state index contributed by atoms with van der Waals surface area (Å²) in [5.74, 6) is 0.969. The minimum absolute atomic E-state index is 0.0655. The fourth-order valence-corrected chi connectivity index (χ4v) is 6.24. The van der Waals surface area contributed by atoms with E-state index >= 15 is 0 Å². The van der Waals surface area contributed by atoms with E-state index in [0.717, 1.165) is 72.1 Å². The lowest BCUT2D eigenvalue weighted by Crippen LogP contribution is -2.42. The number of hydrogen-bond acceptors (Lipinski definition) is 6. The number of carbonyl (C=O) groups is 1. The Morgan fingerprint density at radius 2 is 1.92 bits per heavy atom. The van der Waals surface area contributed by atoms with Crippen LogP contribution >= 0.6 is 11.6 Å². The molecule has 7 heteroatoms. The Labute approximate surface area is 224 Å². The van der Waals surface area contributed by atoms with E-state index in [9.17, 15) is 9.90 Å². The molecule has 0 radical (unpaired) electrons. The highest BCUT2D eigenvalue weighted by molar-refractivity contribution is 6.32. The topological polar surface area (TPSA) is 65.9 Å². The van der Waals surface area contributed by atoms with Crippen molar-refractivity contribution in [2.45, 2.75) is 51.7 Å². The van der Waals surface area contributed by atoms with Crippen LogP contribution < -0.4 is 4.90 Å². The minimum Gasteiger partial charge on any atom is -0.508 e. The molecule has 1 saturated carbocycles. The molecule has 1 saturated heterocycles. The first-order chi connectivity index (χ1) is 17.7. The number of nitrogens with zero attached hydrogens (tertiary/aromatic N) is 3. The van der Waals surface area contributed by atoms with Gasteiger partial charge in [0, 0.05) is 49.7 Å². The lowest BCUT2D eigenvalue weighted by molar-refractivity contribution is 0.0685. The molecule has 1 N–H and O–H groups in total. The number of fused-ring (bicyclic) bond motifs is 1. The molecule has 1 aliphatic heterocycles. The number of aliphatic hydroxyl groups excluding tert-OH is 1. The van der Waals surface area contributed by atoms with Crippen molar-refractivity contribution < 1.29 is 14.6 Å². The predicted octanol–water partition coefficient (Wildman–Crippen LogP) is 6.05. The Kier molecular flexibility index (Phi) is 7.36. The number of aliphatic hydroxyl groups is 1. The summed E-state index contributed by atoms with van der Waals surface area (Å²) in [4.78, 5) is 22.9. The Hall–Kier alpha value is -2.41. The molecule has 37 heavy (non-hydrogen) atoms. The van der Waals surface area contributed by atoms with E-state index < -0.39 is 6.10 Å². The van der Waals surface area contributed by atoms with Gasteiger partial charge in [0.2, 0.25) is 0 Å². The van der Waals surface area contributed by atoms with Gasteiger partial charge in [-0.15, -0.1) is 0 Å². The highest BCUT2D eigenvalue weighted by atomic mass is 35.5. The van der Waals surface area contributed by atoms with Crippen LogP contribution in [0.4, 0.5) is 5.69 Å². The van der Waals surface area contributed by atoms with Gasteiger partial charge < -0.3 is 19.6 Å². The number of methoxy groups -OCH3 is 1. The third kappa shape index (κ3) is 4.91. The molecule has 0 amide bonds. The van der Waals surface area contributed by atoms with Crippen LogP contribution in [0.15, 0.2) is 41.3 Å². The van der Waals surface area contributed by atoms with Gasteiger partial charge in [0.25, 0.3) is 0 Å². The number of Topliss-reactive ketones (excluding diaryl/α,β-unsaturated/α-hetero) is 1. The molecule has 2 fully saturated rings. The molecule has 3 unspecified atom stereocenters. The number of ketones is 1. The summed E-state index contributed by atoms with van der Waals surface area (Å²) in [6.07, 6.45) is 7.26. The van der Waals surface area contributed by atoms with Gasteiger partial charge in [0.1, 0.15) is 11.9 Å². The number of carbonyl (C=O) groups excluding carboxylic acids is 1. The molecule has 3 atom stereocenters. The number of rotatable bonds is 7. The zero-order chi connectivity index (χ0) is 26.4. The molecular formula is C30H38ClN3O3. The fraction of sp³-hybridized carbons (Fsp3) is 0.533. The van der Waals surface area contributed by atoms with Crippen molar-refractivity contribution in [1.82, 2.24) is 9.88 Å². The Bertz CT molecular complexity index is 1260. The Morgan fingerprint density at radius 3 is 2.54 bits per heavy atom. The number of benzene rings is 1. The normalized spacial score (nSPS) is 24.1. The average Bonchev–Trinajstić information content (AvgIpc) is 3.75. The van der Waals surface area contributed by atoms with Crippen LogP contribution in [-0.4, -0.2) is 67.2 Å². The van der Waals surface area contributed by atoms with E-state index in [1.54, 1.807) is 13.3 Å². The lowest BCUT2D eigenvalue weighted by Gasteiger charge is -2.39. The number of allylic oxidation sites excluding steroid dienone is 2. The van der Waals surface area contributed by atoms with Crippen molar-refractivity contribution in [1.29, 1.82) is 0 Å². The largest absolute Gasteiger partial charge is 0.508 e. The van der Waals surface area contributed by atoms with Gasteiger partial charge >= 0.3 is 0 Å². The summed E-state index contributed by atoms with van der Waals surface area (Å²) < 4.78 is 5.57. The van der Waals surface area contributed by atoms with Crippen LogP contribution in [0, 0.1) is 17.8 Å². The molecule has 2 aliphatic carbocycles. The maximum atomic E-state index is 13.4. The van der Waals surface area contributed by atoms with Crippen LogP contribution in [0.5, 0.6) is 0 Å². The maximum Gasteiger partial charge on any atom is 0.169 e. The summed E-state index contributed by atoms with van der Waals surface area (Å²) in [5.41, 5.74) is 4.66. The quantitative estimate of drug-likeness (QED) is 0.446. The van der Waals surface area contributed by atoms with E-state index in [4.69, 9.17) is 21.3 Å². The highest BCUT2D eigenvalue weighted by Crippen LogP contribution is 2.42.